The fourth-order valence-corrected chi connectivity index (χ4v) is 2.44. The van der Waals surface area contributed by atoms with Crippen molar-refractivity contribution in [3.05, 3.63) is 97.2 Å². The van der Waals surface area contributed by atoms with Crippen molar-refractivity contribution in [2.45, 2.75) is 0 Å². The van der Waals surface area contributed by atoms with Gasteiger partial charge >= 0.3 is 0 Å². The second-order valence-electron chi connectivity index (χ2n) is 5.29. The van der Waals surface area contributed by atoms with Gasteiger partial charge in [-0.3, -0.25) is 4.98 Å². The van der Waals surface area contributed by atoms with Crippen LogP contribution in [0.4, 0.5) is 0 Å². The minimum Gasteiger partial charge on any atom is -0.497 e. The summed E-state index contributed by atoms with van der Waals surface area (Å²) in [6.07, 6.45) is 1.79. The van der Waals surface area contributed by atoms with E-state index in [1.54, 1.807) is 13.3 Å². The summed E-state index contributed by atoms with van der Waals surface area (Å²) in [6, 6.07) is 30.6. The van der Waals surface area contributed by atoms with E-state index >= 15 is 0 Å². The summed E-state index contributed by atoms with van der Waals surface area (Å²) in [7, 11) is 1.66. The maximum Gasteiger partial charge on any atom is 0.119 e. The van der Waals surface area contributed by atoms with Crippen molar-refractivity contribution in [2.24, 2.45) is 0 Å². The predicted octanol–water partition coefficient (Wildman–Crippen LogP) is 5.60. The van der Waals surface area contributed by atoms with E-state index in [4.69, 9.17) is 4.74 Å². The Bertz CT molecular complexity index is 851. The largest absolute Gasteiger partial charge is 0.497 e. The highest BCUT2D eigenvalue weighted by molar-refractivity contribution is 5.79. The van der Waals surface area contributed by atoms with Crippen LogP contribution in [0.1, 0.15) is 0 Å². The van der Waals surface area contributed by atoms with Gasteiger partial charge in [-0.2, -0.15) is 0 Å². The van der Waals surface area contributed by atoms with Gasteiger partial charge in [0.15, 0.2) is 0 Å². The van der Waals surface area contributed by atoms with Crippen molar-refractivity contribution < 1.29 is 4.74 Å². The predicted molar refractivity (Wildman–Crippen MR) is 100 cm³/mol. The van der Waals surface area contributed by atoms with Crippen molar-refractivity contribution in [3.63, 3.8) is 0 Å². The zero-order valence-electron chi connectivity index (χ0n) is 13.6. The summed E-state index contributed by atoms with van der Waals surface area (Å²) < 4.78 is 5.09. The molecule has 0 N–H and O–H groups in total. The maximum absolute atomic E-state index is 5.09. The zero-order chi connectivity index (χ0) is 16.6. The van der Waals surface area contributed by atoms with Crippen molar-refractivity contribution in [2.75, 3.05) is 7.11 Å². The summed E-state index contributed by atoms with van der Waals surface area (Å²) >= 11 is 0. The molecule has 1 aromatic heterocycles. The van der Waals surface area contributed by atoms with E-state index in [9.17, 15) is 0 Å². The normalized spacial score (nSPS) is 9.88. The summed E-state index contributed by atoms with van der Waals surface area (Å²) in [4.78, 5) is 4.20. The number of rotatable bonds is 2. The highest BCUT2D eigenvalue weighted by Gasteiger charge is 1.94. The Labute approximate surface area is 142 Å². The number of pyridine rings is 1. The molecule has 0 amide bonds. The number of benzene rings is 3. The van der Waals surface area contributed by atoms with Gasteiger partial charge in [-0.1, -0.05) is 66.7 Å². The SMILES string of the molecule is COc1ccc2ncccc2c1.c1ccc(-c2ccccc2)cc1. The average molecular weight is 313 g/mol. The molecule has 0 atom stereocenters. The van der Waals surface area contributed by atoms with E-state index in [1.807, 2.05) is 42.5 Å². The molecule has 0 radical (unpaired) electrons. The van der Waals surface area contributed by atoms with Crippen LogP contribution in [0.2, 0.25) is 0 Å². The lowest BCUT2D eigenvalue weighted by Crippen LogP contribution is -1.82. The molecule has 0 saturated heterocycles. The van der Waals surface area contributed by atoms with Gasteiger partial charge in [0.1, 0.15) is 5.75 Å². The molecule has 0 aliphatic carbocycles. The van der Waals surface area contributed by atoms with Crippen LogP contribution in [-0.4, -0.2) is 12.1 Å². The molecule has 4 aromatic rings. The van der Waals surface area contributed by atoms with Crippen LogP contribution in [0.5, 0.6) is 5.75 Å². The third-order valence-electron chi connectivity index (χ3n) is 3.69. The molecule has 0 fully saturated rings. The number of ether oxygens (including phenoxy) is 1. The molecule has 2 nitrogen and oxygen atoms in total. The van der Waals surface area contributed by atoms with Gasteiger partial charge in [0.25, 0.3) is 0 Å². The number of fused-ring (bicyclic) bond motifs is 1. The first kappa shape index (κ1) is 15.8. The number of nitrogens with zero attached hydrogens (tertiary/aromatic N) is 1. The smallest absolute Gasteiger partial charge is 0.119 e. The molecule has 0 aliphatic rings. The molecule has 1 heterocycles. The third kappa shape index (κ3) is 3.99. The second-order valence-corrected chi connectivity index (χ2v) is 5.29. The van der Waals surface area contributed by atoms with Crippen LogP contribution < -0.4 is 4.74 Å². The van der Waals surface area contributed by atoms with Crippen LogP contribution in [0.15, 0.2) is 97.2 Å². The standard InChI is InChI=1S/C12H10.C10H9NO/c1-3-7-11(8-4-1)12-9-5-2-6-10-12;1-12-9-4-5-10-8(7-9)3-2-6-11-10/h1-10H;2-7H,1H3. The molecular weight excluding hydrogens is 294 g/mol. The Morgan fingerprint density at radius 1 is 0.667 bits per heavy atom. The van der Waals surface area contributed by atoms with Crippen LogP contribution in [-0.2, 0) is 0 Å². The summed E-state index contributed by atoms with van der Waals surface area (Å²) in [6.45, 7) is 0. The van der Waals surface area contributed by atoms with Crippen LogP contribution in [0, 0.1) is 0 Å². The van der Waals surface area contributed by atoms with Crippen molar-refractivity contribution in [1.82, 2.24) is 4.98 Å². The van der Waals surface area contributed by atoms with E-state index < -0.39 is 0 Å². The number of hydrogen-bond donors (Lipinski definition) is 0. The molecule has 4 rings (SSSR count). The van der Waals surface area contributed by atoms with Gasteiger partial charge in [0, 0.05) is 11.6 Å². The van der Waals surface area contributed by atoms with E-state index in [2.05, 4.69) is 53.5 Å². The molecular formula is C22H19NO. The Morgan fingerprint density at radius 2 is 1.29 bits per heavy atom. The van der Waals surface area contributed by atoms with Crippen LogP contribution in [0.25, 0.3) is 22.0 Å². The molecule has 0 bridgehead atoms. The fraction of sp³-hybridized carbons (Fsp3) is 0.0455. The molecule has 24 heavy (non-hydrogen) atoms. The lowest BCUT2D eigenvalue weighted by atomic mass is 10.1. The zero-order valence-corrected chi connectivity index (χ0v) is 13.6. The summed E-state index contributed by atoms with van der Waals surface area (Å²) in [5.74, 6) is 0.871. The molecule has 0 aliphatic heterocycles. The first-order valence-electron chi connectivity index (χ1n) is 7.86. The average Bonchev–Trinajstić information content (AvgIpc) is 2.69. The van der Waals surface area contributed by atoms with E-state index in [-0.39, 0.29) is 0 Å². The minimum atomic E-state index is 0.871. The second kappa shape index (κ2) is 7.93. The van der Waals surface area contributed by atoms with E-state index in [1.165, 1.54) is 11.1 Å². The summed E-state index contributed by atoms with van der Waals surface area (Å²) in [5.41, 5.74) is 3.55. The minimum absolute atomic E-state index is 0.871. The molecule has 2 heteroatoms. The Kier molecular flexibility index (Phi) is 5.21. The number of hydrogen-bond acceptors (Lipinski definition) is 2. The highest BCUT2D eigenvalue weighted by atomic mass is 16.5. The first-order chi connectivity index (χ1) is 11.9. The van der Waals surface area contributed by atoms with Gasteiger partial charge in [0.05, 0.1) is 12.6 Å². The van der Waals surface area contributed by atoms with Crippen LogP contribution in [0.3, 0.4) is 0 Å². The van der Waals surface area contributed by atoms with E-state index in [0.717, 1.165) is 16.7 Å². The first-order valence-corrected chi connectivity index (χ1v) is 7.86. The van der Waals surface area contributed by atoms with Gasteiger partial charge < -0.3 is 4.74 Å². The van der Waals surface area contributed by atoms with Crippen LogP contribution >= 0.6 is 0 Å². The quantitative estimate of drug-likeness (QED) is 0.481. The van der Waals surface area contributed by atoms with Gasteiger partial charge in [-0.25, -0.2) is 0 Å². The molecule has 0 unspecified atom stereocenters. The van der Waals surface area contributed by atoms with Crippen molar-refractivity contribution in [1.29, 1.82) is 0 Å². The Morgan fingerprint density at radius 3 is 1.88 bits per heavy atom. The van der Waals surface area contributed by atoms with E-state index in [0.29, 0.717) is 0 Å². The van der Waals surface area contributed by atoms with Crippen molar-refractivity contribution >= 4 is 10.9 Å². The van der Waals surface area contributed by atoms with Gasteiger partial charge in [-0.15, -0.1) is 0 Å². The molecule has 0 spiro atoms. The highest BCUT2D eigenvalue weighted by Crippen LogP contribution is 2.18. The maximum atomic E-state index is 5.09. The topological polar surface area (TPSA) is 22.1 Å². The van der Waals surface area contributed by atoms with Crippen molar-refractivity contribution in [3.8, 4) is 16.9 Å². The molecule has 3 aromatic carbocycles. The Hall–Kier alpha value is -3.13. The Balaban J connectivity index is 0.000000141. The lowest BCUT2D eigenvalue weighted by molar-refractivity contribution is 0.415. The monoisotopic (exact) mass is 313 g/mol. The summed E-state index contributed by atoms with van der Waals surface area (Å²) in [5, 5.41) is 1.11. The lowest BCUT2D eigenvalue weighted by Gasteiger charge is -2.00. The fourth-order valence-electron chi connectivity index (χ4n) is 2.44. The van der Waals surface area contributed by atoms with Gasteiger partial charge in [-0.05, 0) is 35.4 Å². The molecule has 118 valence electrons. The van der Waals surface area contributed by atoms with Gasteiger partial charge in [0.2, 0.25) is 0 Å². The number of aromatic nitrogens is 1. The third-order valence-corrected chi connectivity index (χ3v) is 3.69. The number of methoxy groups -OCH3 is 1. The molecule has 0 saturated carbocycles.